The largest absolute Gasteiger partial charge is 0.493 e. The Morgan fingerprint density at radius 3 is 2.82 bits per heavy atom. The summed E-state index contributed by atoms with van der Waals surface area (Å²) in [6.45, 7) is 0.106. The summed E-state index contributed by atoms with van der Waals surface area (Å²) in [6, 6.07) is 8.35. The summed E-state index contributed by atoms with van der Waals surface area (Å²) in [6.07, 6.45) is 1.53. The fourth-order valence-electron chi connectivity index (χ4n) is 2.28. The molecule has 1 aromatic carbocycles. The van der Waals surface area contributed by atoms with Crippen molar-refractivity contribution in [1.82, 2.24) is 5.01 Å². The van der Waals surface area contributed by atoms with Gasteiger partial charge in [0, 0.05) is 0 Å². The van der Waals surface area contributed by atoms with Gasteiger partial charge in [-0.1, -0.05) is 24.0 Å². The van der Waals surface area contributed by atoms with Gasteiger partial charge in [-0.15, -0.1) is 0 Å². The van der Waals surface area contributed by atoms with Crippen LogP contribution in [-0.4, -0.2) is 47.4 Å². The highest BCUT2D eigenvalue weighted by atomic mass is 32.2. The number of ether oxygens (including phenoxy) is 3. The van der Waals surface area contributed by atoms with E-state index in [2.05, 4.69) is 9.84 Å². The maximum Gasteiger partial charge on any atom is 0.373 e. The number of esters is 1. The van der Waals surface area contributed by atoms with Crippen molar-refractivity contribution >= 4 is 46.4 Å². The second-order valence-electron chi connectivity index (χ2n) is 5.46. The monoisotopic (exact) mass is 420 g/mol. The van der Waals surface area contributed by atoms with Crippen LogP contribution >= 0.6 is 24.0 Å². The zero-order chi connectivity index (χ0) is 20.1. The second kappa shape index (κ2) is 8.89. The molecule has 2 aromatic rings. The number of thioether (sulfide) groups is 1. The molecule has 8 nitrogen and oxygen atoms in total. The number of hydrogen-bond donors (Lipinski definition) is 0. The molecule has 146 valence electrons. The molecule has 10 heteroatoms. The molecule has 0 radical (unpaired) electrons. The normalized spacial score (nSPS) is 14.0. The molecule has 1 fully saturated rings. The predicted molar refractivity (Wildman–Crippen MR) is 107 cm³/mol. The summed E-state index contributed by atoms with van der Waals surface area (Å²) >= 11 is 6.36. The first-order valence-corrected chi connectivity index (χ1v) is 9.42. The Labute approximate surface area is 170 Å². The molecule has 1 aromatic heterocycles. The van der Waals surface area contributed by atoms with Crippen LogP contribution in [0.1, 0.15) is 21.9 Å². The van der Waals surface area contributed by atoms with Gasteiger partial charge in [0.2, 0.25) is 5.76 Å². The number of carbonyl (C=O) groups excluding carboxylic acids is 2. The third kappa shape index (κ3) is 4.52. The molecule has 2 heterocycles. The fourth-order valence-corrected chi connectivity index (χ4v) is 3.25. The van der Waals surface area contributed by atoms with Crippen LogP contribution in [0, 0.1) is 0 Å². The number of nitrogens with zero attached hydrogens (tertiary/aromatic N) is 2. The van der Waals surface area contributed by atoms with Crippen LogP contribution in [0.3, 0.4) is 0 Å². The number of thiocarbonyl (C=S) groups is 1. The molecule has 0 saturated carbocycles. The average Bonchev–Trinajstić information content (AvgIpc) is 3.31. The minimum Gasteiger partial charge on any atom is -0.493 e. The lowest BCUT2D eigenvalue weighted by molar-refractivity contribution is -0.124. The number of hydrazone groups is 1. The highest BCUT2D eigenvalue weighted by Gasteiger charge is 2.26. The minimum absolute atomic E-state index is 0.104. The third-order valence-electron chi connectivity index (χ3n) is 3.66. The Morgan fingerprint density at radius 2 is 2.14 bits per heavy atom. The zero-order valence-corrected chi connectivity index (χ0v) is 16.7. The molecule has 0 bridgehead atoms. The van der Waals surface area contributed by atoms with Crippen molar-refractivity contribution in [2.45, 2.75) is 6.61 Å². The van der Waals surface area contributed by atoms with Gasteiger partial charge in [0.15, 0.2) is 15.8 Å². The summed E-state index contributed by atoms with van der Waals surface area (Å²) < 4.78 is 21.4. The standard InChI is InChI=1S/C18H16N2O6S2/c1-23-15-7-11(8-19-20-16(21)10-28-18(20)27)3-5-13(15)25-9-12-4-6-14(26-12)17(22)24-2/h3-8H,9-10H2,1-2H3/b19-8-. The van der Waals surface area contributed by atoms with E-state index in [0.29, 0.717) is 32.9 Å². The molecule has 0 atom stereocenters. The molecule has 1 saturated heterocycles. The van der Waals surface area contributed by atoms with Gasteiger partial charge in [0.1, 0.15) is 12.4 Å². The topological polar surface area (TPSA) is 90.6 Å². The molecule has 1 amide bonds. The number of carbonyl (C=O) groups is 2. The maximum atomic E-state index is 11.7. The summed E-state index contributed by atoms with van der Waals surface area (Å²) in [5.41, 5.74) is 0.711. The Kier molecular flexibility index (Phi) is 6.32. The van der Waals surface area contributed by atoms with Crippen molar-refractivity contribution in [2.24, 2.45) is 5.10 Å². The van der Waals surface area contributed by atoms with E-state index in [0.717, 1.165) is 0 Å². The molecular formula is C18H16N2O6S2. The van der Waals surface area contributed by atoms with Crippen molar-refractivity contribution in [2.75, 3.05) is 20.0 Å². The maximum absolute atomic E-state index is 11.7. The van der Waals surface area contributed by atoms with Gasteiger partial charge in [-0.2, -0.15) is 10.1 Å². The van der Waals surface area contributed by atoms with Crippen molar-refractivity contribution in [3.05, 3.63) is 47.4 Å². The van der Waals surface area contributed by atoms with Crippen LogP contribution in [0.5, 0.6) is 11.5 Å². The van der Waals surface area contributed by atoms with Gasteiger partial charge in [0.05, 0.1) is 26.2 Å². The lowest BCUT2D eigenvalue weighted by Crippen LogP contribution is -2.22. The predicted octanol–water partition coefficient (Wildman–Crippen LogP) is 2.85. The van der Waals surface area contributed by atoms with Gasteiger partial charge in [0.25, 0.3) is 5.91 Å². The second-order valence-corrected chi connectivity index (χ2v) is 7.07. The zero-order valence-electron chi connectivity index (χ0n) is 15.0. The van der Waals surface area contributed by atoms with Crippen molar-refractivity contribution in [3.8, 4) is 11.5 Å². The Bertz CT molecular complexity index is 924. The van der Waals surface area contributed by atoms with Gasteiger partial charge < -0.3 is 18.6 Å². The fraction of sp³-hybridized carbons (Fsp3) is 0.222. The van der Waals surface area contributed by atoms with Crippen LogP contribution in [0.2, 0.25) is 0 Å². The van der Waals surface area contributed by atoms with Gasteiger partial charge in [-0.25, -0.2) is 4.79 Å². The highest BCUT2D eigenvalue weighted by Crippen LogP contribution is 2.29. The molecule has 0 spiro atoms. The molecular weight excluding hydrogens is 404 g/mol. The molecule has 0 N–H and O–H groups in total. The van der Waals surface area contributed by atoms with Crippen molar-refractivity contribution in [1.29, 1.82) is 0 Å². The van der Waals surface area contributed by atoms with Crippen LogP contribution in [0.4, 0.5) is 0 Å². The smallest absolute Gasteiger partial charge is 0.373 e. The first-order chi connectivity index (χ1) is 13.5. The minimum atomic E-state index is -0.554. The van der Waals surface area contributed by atoms with E-state index >= 15 is 0 Å². The number of furan rings is 1. The van der Waals surface area contributed by atoms with E-state index in [1.165, 1.54) is 43.3 Å². The van der Waals surface area contributed by atoms with E-state index in [1.807, 2.05) is 0 Å². The van der Waals surface area contributed by atoms with Crippen LogP contribution in [0.25, 0.3) is 0 Å². The van der Waals surface area contributed by atoms with Crippen LogP contribution in [0.15, 0.2) is 39.9 Å². The lowest BCUT2D eigenvalue weighted by atomic mass is 10.2. The molecule has 0 aliphatic carbocycles. The highest BCUT2D eigenvalue weighted by molar-refractivity contribution is 8.23. The van der Waals surface area contributed by atoms with E-state index in [9.17, 15) is 9.59 Å². The van der Waals surface area contributed by atoms with Crippen LogP contribution in [-0.2, 0) is 16.1 Å². The Hall–Kier alpha value is -2.85. The summed E-state index contributed by atoms with van der Waals surface area (Å²) in [4.78, 5) is 23.1. The first-order valence-electron chi connectivity index (χ1n) is 8.03. The Morgan fingerprint density at radius 1 is 1.32 bits per heavy atom. The average molecular weight is 420 g/mol. The number of rotatable bonds is 7. The van der Waals surface area contributed by atoms with Crippen molar-refractivity contribution in [3.63, 3.8) is 0 Å². The van der Waals surface area contributed by atoms with Gasteiger partial charge in [-0.3, -0.25) is 4.79 Å². The number of benzene rings is 1. The van der Waals surface area contributed by atoms with Gasteiger partial charge in [-0.05, 0) is 35.9 Å². The van der Waals surface area contributed by atoms with Crippen LogP contribution < -0.4 is 9.47 Å². The Balaban J connectivity index is 1.67. The summed E-state index contributed by atoms with van der Waals surface area (Å²) in [7, 11) is 2.80. The molecule has 1 aliphatic heterocycles. The number of amides is 1. The summed E-state index contributed by atoms with van der Waals surface area (Å²) in [5, 5.41) is 5.32. The van der Waals surface area contributed by atoms with E-state index in [-0.39, 0.29) is 18.3 Å². The molecule has 3 rings (SSSR count). The third-order valence-corrected chi connectivity index (χ3v) is 4.99. The SMILES string of the molecule is COC(=O)c1ccc(COc2ccc(/C=N\N3C(=O)CSC3=S)cc2OC)o1. The number of hydrogen-bond acceptors (Lipinski definition) is 9. The molecule has 28 heavy (non-hydrogen) atoms. The first kappa shape index (κ1) is 19.9. The molecule has 0 unspecified atom stereocenters. The van der Waals surface area contributed by atoms with Gasteiger partial charge >= 0.3 is 5.97 Å². The van der Waals surface area contributed by atoms with Crippen molar-refractivity contribution < 1.29 is 28.2 Å². The van der Waals surface area contributed by atoms with E-state index < -0.39 is 5.97 Å². The quantitative estimate of drug-likeness (QED) is 0.384. The van der Waals surface area contributed by atoms with E-state index in [4.69, 9.17) is 26.1 Å². The molecule has 1 aliphatic rings. The van der Waals surface area contributed by atoms with E-state index in [1.54, 1.807) is 24.3 Å². The lowest BCUT2D eigenvalue weighted by Gasteiger charge is -2.11. The number of methoxy groups -OCH3 is 2. The summed E-state index contributed by atoms with van der Waals surface area (Å²) in [5.74, 6) is 1.13.